The summed E-state index contributed by atoms with van der Waals surface area (Å²) in [5.74, 6) is 0. The van der Waals surface area contributed by atoms with E-state index >= 15 is 0 Å². The van der Waals surface area contributed by atoms with Gasteiger partial charge in [-0.15, -0.1) is 0 Å². The molecule has 0 aromatic carbocycles. The Bertz CT molecular complexity index is 679. The fourth-order valence-electron chi connectivity index (χ4n) is 1.95. The second-order valence-electron chi connectivity index (χ2n) is 5.59. The molecule has 4 atom stereocenters. The fraction of sp³-hybridized carbons (Fsp3) is 0.714. The van der Waals surface area contributed by atoms with Crippen LogP contribution in [0.4, 0.5) is 0 Å². The van der Waals surface area contributed by atoms with Crippen LogP contribution in [0.1, 0.15) is 0 Å². The quantitative estimate of drug-likeness (QED) is 0.162. The van der Waals surface area contributed by atoms with Gasteiger partial charge in [0.25, 0.3) is 0 Å². The maximum atomic E-state index is 11.2. The number of nitrogens with zero attached hydrogens (tertiary/aromatic N) is 2. The van der Waals surface area contributed by atoms with Gasteiger partial charge in [-0.25, -0.2) is 0 Å². The van der Waals surface area contributed by atoms with Crippen molar-refractivity contribution in [2.24, 2.45) is 0 Å². The molecular formula is C7H15N2O14P4-3. The van der Waals surface area contributed by atoms with Crippen molar-refractivity contribution in [2.45, 2.75) is 10.2 Å². The first-order valence-electron chi connectivity index (χ1n) is 6.44. The SMILES string of the molecule is O=P([O-])(O)C(O)(CN1C=CN(CC(O)(P(=O)([O-])O)P(=O)(O)O)C1)P(=O)([O-])O. The van der Waals surface area contributed by atoms with Gasteiger partial charge in [-0.2, -0.15) is 0 Å². The second kappa shape index (κ2) is 7.28. The predicted molar refractivity (Wildman–Crippen MR) is 78.8 cm³/mol. The van der Waals surface area contributed by atoms with Crippen LogP contribution in [0.3, 0.4) is 0 Å². The van der Waals surface area contributed by atoms with Crippen LogP contribution in [0.25, 0.3) is 0 Å². The van der Waals surface area contributed by atoms with Crippen molar-refractivity contribution in [2.75, 3.05) is 19.8 Å². The molecule has 27 heavy (non-hydrogen) atoms. The molecular weight excluding hydrogens is 460 g/mol. The lowest BCUT2D eigenvalue weighted by Crippen LogP contribution is -2.48. The van der Waals surface area contributed by atoms with Crippen LogP contribution in [0, 0.1) is 0 Å². The molecule has 1 aliphatic rings. The Morgan fingerprint density at radius 1 is 0.741 bits per heavy atom. The molecule has 160 valence electrons. The lowest BCUT2D eigenvalue weighted by molar-refractivity contribution is -0.227. The molecule has 7 N–H and O–H groups in total. The molecule has 0 amide bonds. The van der Waals surface area contributed by atoms with Gasteiger partial charge in [-0.05, 0) is 0 Å². The van der Waals surface area contributed by atoms with Gasteiger partial charge in [0, 0.05) is 12.4 Å². The third-order valence-electron chi connectivity index (χ3n) is 3.51. The van der Waals surface area contributed by atoms with E-state index in [0.29, 0.717) is 9.80 Å². The zero-order chi connectivity index (χ0) is 21.7. The van der Waals surface area contributed by atoms with Crippen LogP contribution >= 0.6 is 30.4 Å². The van der Waals surface area contributed by atoms with Crippen molar-refractivity contribution in [1.82, 2.24) is 9.80 Å². The van der Waals surface area contributed by atoms with Gasteiger partial charge in [-0.3, -0.25) is 4.57 Å². The topological polar surface area (TPSA) is 286 Å². The highest BCUT2D eigenvalue weighted by Crippen LogP contribution is 2.66. The summed E-state index contributed by atoms with van der Waals surface area (Å²) in [5.41, 5.74) is 0. The van der Waals surface area contributed by atoms with Crippen LogP contribution in [0.5, 0.6) is 0 Å². The van der Waals surface area contributed by atoms with Crippen molar-refractivity contribution in [1.29, 1.82) is 0 Å². The highest BCUT2D eigenvalue weighted by Gasteiger charge is 2.55. The monoisotopic (exact) mass is 475 g/mol. The molecule has 20 heteroatoms. The normalized spacial score (nSPS) is 26.6. The fourth-order valence-corrected chi connectivity index (χ4v) is 5.99. The van der Waals surface area contributed by atoms with Gasteiger partial charge >= 0.3 is 7.60 Å². The van der Waals surface area contributed by atoms with Crippen molar-refractivity contribution >= 4 is 30.4 Å². The van der Waals surface area contributed by atoms with Gasteiger partial charge in [0.05, 0.1) is 19.8 Å². The molecule has 0 aromatic rings. The van der Waals surface area contributed by atoms with E-state index in [4.69, 9.17) is 24.5 Å². The van der Waals surface area contributed by atoms with Crippen molar-refractivity contribution < 1.29 is 67.6 Å². The molecule has 0 aliphatic carbocycles. The summed E-state index contributed by atoms with van der Waals surface area (Å²) in [5, 5.41) is 11.4. The van der Waals surface area contributed by atoms with Gasteiger partial charge in [0.1, 0.15) is 0 Å². The zero-order valence-electron chi connectivity index (χ0n) is 12.9. The van der Waals surface area contributed by atoms with Gasteiger partial charge < -0.3 is 72.9 Å². The minimum absolute atomic E-state index is 0.578. The highest BCUT2D eigenvalue weighted by molar-refractivity contribution is 7.71. The second-order valence-corrected chi connectivity index (χ2v) is 13.5. The van der Waals surface area contributed by atoms with E-state index < -0.39 is 60.3 Å². The Balaban J connectivity index is 3.05. The van der Waals surface area contributed by atoms with E-state index in [0.717, 1.165) is 12.4 Å². The molecule has 0 radical (unpaired) electrons. The zero-order valence-corrected chi connectivity index (χ0v) is 16.5. The molecule has 0 saturated heterocycles. The average Bonchev–Trinajstić information content (AvgIpc) is 2.80. The van der Waals surface area contributed by atoms with Crippen molar-refractivity contribution in [3.05, 3.63) is 12.4 Å². The van der Waals surface area contributed by atoms with E-state index in [1.165, 1.54) is 0 Å². The first-order valence-corrected chi connectivity index (χ1v) is 12.8. The molecule has 1 aliphatic heterocycles. The molecule has 0 bridgehead atoms. The molecule has 4 unspecified atom stereocenters. The van der Waals surface area contributed by atoms with Gasteiger partial charge in [-0.1, -0.05) is 0 Å². The summed E-state index contributed by atoms with van der Waals surface area (Å²) >= 11 is 0. The summed E-state index contributed by atoms with van der Waals surface area (Å²) in [6, 6.07) is 0. The van der Waals surface area contributed by atoms with E-state index in [1.54, 1.807) is 0 Å². The van der Waals surface area contributed by atoms with Crippen LogP contribution in [-0.2, 0) is 18.3 Å². The molecule has 16 nitrogen and oxygen atoms in total. The number of hydrogen-bond donors (Lipinski definition) is 7. The third kappa shape index (κ3) is 4.89. The lowest BCUT2D eigenvalue weighted by atomic mass is 10.5. The van der Waals surface area contributed by atoms with Crippen LogP contribution < -0.4 is 14.7 Å². The van der Waals surface area contributed by atoms with E-state index in [2.05, 4.69) is 0 Å². The average molecular weight is 475 g/mol. The van der Waals surface area contributed by atoms with Gasteiger partial charge in [0.2, 0.25) is 10.2 Å². The standard InChI is InChI=1S/C7H18N2O14P4/c10-6(24(12,13)14,25(15,16)17)3-8-1-2-9(5-8)4-7(11,26(18,19)20)27(21,22)23/h1-2,10-11H,3-5H2,(H2,12,13,14)(H2,15,16,17)(H2,18,19,20)(H2,21,22,23)/p-3. The largest absolute Gasteiger partial charge is 0.776 e. The Hall–Kier alpha value is -0.140. The summed E-state index contributed by atoms with van der Waals surface area (Å²) < 4.78 is 44.7. The van der Waals surface area contributed by atoms with Crippen LogP contribution in [0.2, 0.25) is 0 Å². The Morgan fingerprint density at radius 3 is 1.30 bits per heavy atom. The maximum Gasteiger partial charge on any atom is 0.367 e. The highest BCUT2D eigenvalue weighted by atomic mass is 31.2. The van der Waals surface area contributed by atoms with E-state index in [9.17, 15) is 43.2 Å². The first kappa shape index (κ1) is 24.9. The Morgan fingerprint density at radius 2 is 1.04 bits per heavy atom. The minimum Gasteiger partial charge on any atom is -0.776 e. The van der Waals surface area contributed by atoms with Crippen molar-refractivity contribution in [3.63, 3.8) is 0 Å². The van der Waals surface area contributed by atoms with Crippen LogP contribution in [0.15, 0.2) is 12.4 Å². The Labute approximate surface area is 151 Å². The third-order valence-corrected chi connectivity index (χ3v) is 10.8. The minimum atomic E-state index is -6.10. The van der Waals surface area contributed by atoms with Crippen LogP contribution in [-0.4, -0.2) is 74.4 Å². The maximum absolute atomic E-state index is 11.2. The van der Waals surface area contributed by atoms with E-state index in [1.807, 2.05) is 0 Å². The molecule has 0 spiro atoms. The smallest absolute Gasteiger partial charge is 0.367 e. The number of hydrogen-bond acceptors (Lipinski definition) is 11. The summed E-state index contributed by atoms with van der Waals surface area (Å²) in [4.78, 5) is 79.4. The van der Waals surface area contributed by atoms with E-state index in [-0.39, 0.29) is 0 Å². The molecule has 0 fully saturated rings. The number of rotatable bonds is 8. The van der Waals surface area contributed by atoms with Gasteiger partial charge in [0.15, 0.2) is 22.8 Å². The summed E-state index contributed by atoms with van der Waals surface area (Å²) in [7, 11) is -24.1. The predicted octanol–water partition coefficient (Wildman–Crippen LogP) is -4.86. The first-order chi connectivity index (χ1) is 11.7. The lowest BCUT2D eigenvalue weighted by Gasteiger charge is -2.44. The molecule has 0 aromatic heterocycles. The number of aliphatic hydroxyl groups is 2. The van der Waals surface area contributed by atoms with Crippen molar-refractivity contribution in [3.8, 4) is 0 Å². The molecule has 0 saturated carbocycles. The number of β-amino-alcohol motifs (C(OH)–C–C–N with tert-alkyl or cyclic N) is 2. The molecule has 1 heterocycles. The summed E-state index contributed by atoms with van der Waals surface area (Å²) in [6.45, 7) is -3.70. The summed E-state index contributed by atoms with van der Waals surface area (Å²) in [6.07, 6.45) is 1.57. The Kier molecular flexibility index (Phi) is 6.71. The molecule has 1 rings (SSSR count).